The van der Waals surface area contributed by atoms with Crippen molar-refractivity contribution in [3.63, 3.8) is 0 Å². The van der Waals surface area contributed by atoms with E-state index in [0.29, 0.717) is 0 Å². The summed E-state index contributed by atoms with van der Waals surface area (Å²) in [4.78, 5) is 26.9. The van der Waals surface area contributed by atoms with Crippen molar-refractivity contribution in [2.45, 2.75) is 32.9 Å². The normalized spacial score (nSPS) is 11.1. The molecule has 0 fully saturated rings. The van der Waals surface area contributed by atoms with Crippen LogP contribution in [0.2, 0.25) is 0 Å². The van der Waals surface area contributed by atoms with Gasteiger partial charge in [0, 0.05) is 10.9 Å². The van der Waals surface area contributed by atoms with Gasteiger partial charge in [-0.2, -0.15) is 0 Å². The van der Waals surface area contributed by atoms with Crippen LogP contribution in [0, 0.1) is 0 Å². The Hall–Kier alpha value is -2.41. The van der Waals surface area contributed by atoms with Crippen molar-refractivity contribution in [1.29, 1.82) is 0 Å². The predicted octanol–water partition coefficient (Wildman–Crippen LogP) is 3.53. The zero-order chi connectivity index (χ0) is 17.0. The highest BCUT2D eigenvalue weighted by Gasteiger charge is 2.16. The molecular weight excluding hydrogens is 316 g/mol. The molecule has 0 saturated heterocycles. The van der Waals surface area contributed by atoms with Gasteiger partial charge in [0.15, 0.2) is 0 Å². The van der Waals surface area contributed by atoms with Crippen molar-refractivity contribution in [2.75, 3.05) is 0 Å². The molecule has 6 nitrogen and oxygen atoms in total. The van der Waals surface area contributed by atoms with Gasteiger partial charge in [0.2, 0.25) is 0 Å². The fourth-order valence-corrected chi connectivity index (χ4v) is 2.51. The number of aromatic nitrogens is 1. The number of benzene rings is 1. The van der Waals surface area contributed by atoms with Crippen molar-refractivity contribution in [3.8, 4) is 11.3 Å². The average Bonchev–Trinajstić information content (AvgIpc) is 2.92. The van der Waals surface area contributed by atoms with E-state index < -0.39 is 17.7 Å². The number of aromatic carboxylic acids is 1. The number of carbonyl (C=O) groups excluding carboxylic acids is 1. The molecule has 0 unspecified atom stereocenters. The fraction of sp³-hybridized carbons (Fsp3) is 0.312. The molecule has 0 aliphatic rings. The van der Waals surface area contributed by atoms with E-state index in [2.05, 4.69) is 10.3 Å². The summed E-state index contributed by atoms with van der Waals surface area (Å²) in [7, 11) is 0. The number of alkyl carbamates (subject to hydrolysis) is 1. The number of ether oxygens (including phenoxy) is 1. The molecule has 23 heavy (non-hydrogen) atoms. The van der Waals surface area contributed by atoms with Gasteiger partial charge in [-0.25, -0.2) is 14.6 Å². The van der Waals surface area contributed by atoms with Crippen molar-refractivity contribution < 1.29 is 19.4 Å². The zero-order valence-corrected chi connectivity index (χ0v) is 13.9. The van der Waals surface area contributed by atoms with Gasteiger partial charge in [0.25, 0.3) is 0 Å². The van der Waals surface area contributed by atoms with E-state index >= 15 is 0 Å². The van der Waals surface area contributed by atoms with Crippen LogP contribution in [-0.2, 0) is 11.3 Å². The maximum absolute atomic E-state index is 11.6. The third-order valence-electron chi connectivity index (χ3n) is 2.76. The molecule has 1 aromatic heterocycles. The van der Waals surface area contributed by atoms with Gasteiger partial charge in [0.1, 0.15) is 10.6 Å². The number of nitrogens with one attached hydrogen (secondary N) is 1. The highest BCUT2D eigenvalue weighted by atomic mass is 32.1. The molecule has 0 bridgehead atoms. The Morgan fingerprint density at radius 2 is 1.91 bits per heavy atom. The van der Waals surface area contributed by atoms with E-state index in [9.17, 15) is 9.59 Å². The molecule has 1 heterocycles. The van der Waals surface area contributed by atoms with Gasteiger partial charge in [0.05, 0.1) is 17.8 Å². The molecule has 2 aromatic rings. The SMILES string of the molecule is CC(C)(C)OC(=O)NCc1nc(-c2ccc(C(=O)O)cc2)cs1. The Bertz CT molecular complexity index is 702. The Morgan fingerprint density at radius 3 is 2.48 bits per heavy atom. The lowest BCUT2D eigenvalue weighted by molar-refractivity contribution is 0.0523. The molecule has 7 heteroatoms. The second-order valence-electron chi connectivity index (χ2n) is 5.86. The van der Waals surface area contributed by atoms with Gasteiger partial charge in [-0.1, -0.05) is 12.1 Å². The third kappa shape index (κ3) is 5.07. The first-order valence-corrected chi connectivity index (χ1v) is 7.87. The minimum atomic E-state index is -0.961. The number of rotatable bonds is 4. The Balaban J connectivity index is 1.98. The van der Waals surface area contributed by atoms with E-state index in [1.165, 1.54) is 23.5 Å². The molecule has 122 valence electrons. The first-order valence-electron chi connectivity index (χ1n) is 6.99. The summed E-state index contributed by atoms with van der Waals surface area (Å²) in [5, 5.41) is 14.1. The van der Waals surface area contributed by atoms with Crippen LogP contribution in [-0.4, -0.2) is 27.8 Å². The van der Waals surface area contributed by atoms with Crippen LogP contribution in [0.3, 0.4) is 0 Å². The van der Waals surface area contributed by atoms with E-state index in [1.54, 1.807) is 32.9 Å². The summed E-state index contributed by atoms with van der Waals surface area (Å²) in [6.45, 7) is 5.69. The molecule has 0 radical (unpaired) electrons. The molecule has 0 aliphatic carbocycles. The topological polar surface area (TPSA) is 88.5 Å². The van der Waals surface area contributed by atoms with Crippen LogP contribution in [0.15, 0.2) is 29.6 Å². The van der Waals surface area contributed by atoms with E-state index in [4.69, 9.17) is 9.84 Å². The van der Waals surface area contributed by atoms with Crippen molar-refractivity contribution in [1.82, 2.24) is 10.3 Å². The van der Waals surface area contributed by atoms with Crippen LogP contribution >= 0.6 is 11.3 Å². The number of carboxylic acid groups (broad SMARTS) is 1. The Kier molecular flexibility index (Phi) is 5.00. The quantitative estimate of drug-likeness (QED) is 0.893. The molecule has 0 aliphatic heterocycles. The van der Waals surface area contributed by atoms with E-state index in [1.807, 2.05) is 5.38 Å². The van der Waals surface area contributed by atoms with Crippen molar-refractivity contribution in [2.24, 2.45) is 0 Å². The summed E-state index contributed by atoms with van der Waals surface area (Å²) in [5.74, 6) is -0.961. The largest absolute Gasteiger partial charge is 0.478 e. The number of hydrogen-bond donors (Lipinski definition) is 2. The first kappa shape index (κ1) is 17.0. The number of carbonyl (C=O) groups is 2. The van der Waals surface area contributed by atoms with Crippen LogP contribution in [0.1, 0.15) is 36.1 Å². The number of thiazole rings is 1. The van der Waals surface area contributed by atoms with Crippen molar-refractivity contribution >= 4 is 23.4 Å². The lowest BCUT2D eigenvalue weighted by Gasteiger charge is -2.19. The molecule has 2 rings (SSSR count). The maximum atomic E-state index is 11.6. The molecule has 1 amide bonds. The predicted molar refractivity (Wildman–Crippen MR) is 87.6 cm³/mol. The van der Waals surface area contributed by atoms with E-state index in [0.717, 1.165) is 16.3 Å². The number of hydrogen-bond acceptors (Lipinski definition) is 5. The average molecular weight is 334 g/mol. The van der Waals surface area contributed by atoms with Crippen LogP contribution < -0.4 is 5.32 Å². The molecule has 0 atom stereocenters. The Labute approximate surface area is 138 Å². The maximum Gasteiger partial charge on any atom is 0.408 e. The molecular formula is C16H18N2O4S. The van der Waals surface area contributed by atoms with Gasteiger partial charge >= 0.3 is 12.1 Å². The molecule has 0 spiro atoms. The smallest absolute Gasteiger partial charge is 0.408 e. The number of nitrogens with zero attached hydrogens (tertiary/aromatic N) is 1. The lowest BCUT2D eigenvalue weighted by atomic mass is 10.1. The summed E-state index contributed by atoms with van der Waals surface area (Å²) in [6.07, 6.45) is -0.486. The highest BCUT2D eigenvalue weighted by molar-refractivity contribution is 7.09. The summed E-state index contributed by atoms with van der Waals surface area (Å²) in [6, 6.07) is 6.50. The summed E-state index contributed by atoms with van der Waals surface area (Å²) < 4.78 is 5.16. The Morgan fingerprint density at radius 1 is 1.26 bits per heavy atom. The fourth-order valence-electron chi connectivity index (χ4n) is 1.77. The minimum Gasteiger partial charge on any atom is -0.478 e. The monoisotopic (exact) mass is 334 g/mol. The number of carboxylic acids is 1. The van der Waals surface area contributed by atoms with Crippen LogP contribution in [0.25, 0.3) is 11.3 Å². The van der Waals surface area contributed by atoms with Crippen LogP contribution in [0.4, 0.5) is 4.79 Å². The van der Waals surface area contributed by atoms with Gasteiger partial charge in [-0.05, 0) is 32.9 Å². The summed E-state index contributed by atoms with van der Waals surface area (Å²) in [5.41, 5.74) is 1.27. The third-order valence-corrected chi connectivity index (χ3v) is 3.61. The van der Waals surface area contributed by atoms with Crippen molar-refractivity contribution in [3.05, 3.63) is 40.2 Å². The first-order chi connectivity index (χ1) is 10.7. The van der Waals surface area contributed by atoms with Gasteiger partial charge in [-0.15, -0.1) is 11.3 Å². The summed E-state index contributed by atoms with van der Waals surface area (Å²) >= 11 is 1.42. The van der Waals surface area contributed by atoms with E-state index in [-0.39, 0.29) is 12.1 Å². The van der Waals surface area contributed by atoms with Crippen LogP contribution in [0.5, 0.6) is 0 Å². The zero-order valence-electron chi connectivity index (χ0n) is 13.1. The molecule has 0 saturated carbocycles. The number of amides is 1. The lowest BCUT2D eigenvalue weighted by Crippen LogP contribution is -2.32. The molecule has 1 aromatic carbocycles. The molecule has 2 N–H and O–H groups in total. The second-order valence-corrected chi connectivity index (χ2v) is 6.81. The second kappa shape index (κ2) is 6.78. The standard InChI is InChI=1S/C16H18N2O4S/c1-16(2,3)22-15(21)17-8-13-18-12(9-23-13)10-4-6-11(7-5-10)14(19)20/h4-7,9H,8H2,1-3H3,(H,17,21)(H,19,20). The minimum absolute atomic E-state index is 0.232. The highest BCUT2D eigenvalue weighted by Crippen LogP contribution is 2.22. The van der Waals surface area contributed by atoms with Gasteiger partial charge in [-0.3, -0.25) is 0 Å². The van der Waals surface area contributed by atoms with Gasteiger partial charge < -0.3 is 15.2 Å².